The van der Waals surface area contributed by atoms with Crippen molar-refractivity contribution in [3.63, 3.8) is 0 Å². The summed E-state index contributed by atoms with van der Waals surface area (Å²) in [6.07, 6.45) is 4.97. The molecule has 0 aliphatic rings. The first-order valence-corrected chi connectivity index (χ1v) is 9.37. The van der Waals surface area contributed by atoms with Crippen LogP contribution in [0.3, 0.4) is 0 Å². The lowest BCUT2D eigenvalue weighted by molar-refractivity contribution is 0.234. The van der Waals surface area contributed by atoms with Crippen LogP contribution in [-0.4, -0.2) is 19.3 Å². The van der Waals surface area contributed by atoms with Gasteiger partial charge in [0.1, 0.15) is 17.6 Å². The zero-order valence-electron chi connectivity index (χ0n) is 15.8. The highest BCUT2D eigenvalue weighted by Crippen LogP contribution is 2.19. The van der Waals surface area contributed by atoms with Gasteiger partial charge < -0.3 is 14.8 Å². The maximum Gasteiger partial charge on any atom is 0.121 e. The quantitative estimate of drug-likeness (QED) is 0.521. The van der Waals surface area contributed by atoms with Crippen molar-refractivity contribution in [2.45, 2.75) is 52.6 Å². The summed E-state index contributed by atoms with van der Waals surface area (Å²) in [5, 5.41) is 3.43. The second kappa shape index (κ2) is 10.7. The molecule has 0 amide bonds. The van der Waals surface area contributed by atoms with Gasteiger partial charge in [-0.2, -0.15) is 0 Å². The summed E-state index contributed by atoms with van der Waals surface area (Å²) in [6, 6.07) is 16.3. The Morgan fingerprint density at radius 2 is 1.76 bits per heavy atom. The second-order valence-corrected chi connectivity index (χ2v) is 6.56. The lowest BCUT2D eigenvalue weighted by Gasteiger charge is -2.17. The molecule has 0 radical (unpaired) electrons. The number of rotatable bonds is 11. The monoisotopic (exact) mass is 341 g/mol. The summed E-state index contributed by atoms with van der Waals surface area (Å²) in [5.41, 5.74) is 2.27. The van der Waals surface area contributed by atoms with Gasteiger partial charge in [-0.1, -0.05) is 44.4 Å². The molecule has 2 aromatic carbocycles. The minimum Gasteiger partial charge on any atom is -0.494 e. The van der Waals surface area contributed by atoms with Crippen LogP contribution in [0, 0.1) is 6.92 Å². The van der Waals surface area contributed by atoms with Gasteiger partial charge in [0.2, 0.25) is 0 Å². The van der Waals surface area contributed by atoms with Crippen molar-refractivity contribution in [1.29, 1.82) is 0 Å². The van der Waals surface area contributed by atoms with E-state index in [9.17, 15) is 0 Å². The molecular weight excluding hydrogens is 310 g/mol. The Bertz CT molecular complexity index is 627. The molecule has 0 aliphatic carbocycles. The molecule has 0 spiro atoms. The molecule has 0 aromatic heterocycles. The van der Waals surface area contributed by atoms with Crippen molar-refractivity contribution in [2.75, 3.05) is 18.5 Å². The Hall–Kier alpha value is -2.16. The number of aryl methyl sites for hydroxylation is 1. The molecule has 3 nitrogen and oxygen atoms in total. The first kappa shape index (κ1) is 19.2. The number of ether oxygens (including phenoxy) is 2. The molecule has 0 fully saturated rings. The molecule has 136 valence electrons. The van der Waals surface area contributed by atoms with Crippen LogP contribution in [0.15, 0.2) is 48.5 Å². The summed E-state index contributed by atoms with van der Waals surface area (Å²) in [6.45, 7) is 7.90. The Labute approximate surface area is 152 Å². The van der Waals surface area contributed by atoms with Crippen molar-refractivity contribution in [2.24, 2.45) is 0 Å². The van der Waals surface area contributed by atoms with Gasteiger partial charge in [0.25, 0.3) is 0 Å². The van der Waals surface area contributed by atoms with Gasteiger partial charge in [0.05, 0.1) is 13.2 Å². The highest BCUT2D eigenvalue weighted by molar-refractivity contribution is 5.48. The van der Waals surface area contributed by atoms with Gasteiger partial charge in [0.15, 0.2) is 0 Å². The van der Waals surface area contributed by atoms with Crippen LogP contribution in [0.25, 0.3) is 0 Å². The maximum absolute atomic E-state index is 5.96. The average molecular weight is 341 g/mol. The van der Waals surface area contributed by atoms with E-state index in [1.807, 2.05) is 24.3 Å². The molecule has 0 saturated heterocycles. The van der Waals surface area contributed by atoms with Gasteiger partial charge in [-0.25, -0.2) is 0 Å². The third kappa shape index (κ3) is 7.51. The second-order valence-electron chi connectivity index (χ2n) is 6.56. The molecule has 0 bridgehead atoms. The fraction of sp³-hybridized carbons (Fsp3) is 0.455. The van der Waals surface area contributed by atoms with Crippen molar-refractivity contribution in [3.8, 4) is 11.5 Å². The Morgan fingerprint density at radius 3 is 2.56 bits per heavy atom. The minimum absolute atomic E-state index is 0.0837. The van der Waals surface area contributed by atoms with Crippen molar-refractivity contribution in [1.82, 2.24) is 0 Å². The molecule has 2 rings (SSSR count). The summed E-state index contributed by atoms with van der Waals surface area (Å²) in [5.74, 6) is 1.84. The fourth-order valence-corrected chi connectivity index (χ4v) is 2.64. The van der Waals surface area contributed by atoms with E-state index in [0.29, 0.717) is 0 Å². The van der Waals surface area contributed by atoms with Crippen molar-refractivity contribution >= 4 is 5.69 Å². The average Bonchev–Trinajstić information content (AvgIpc) is 2.60. The van der Waals surface area contributed by atoms with E-state index in [0.717, 1.165) is 36.8 Å². The Balaban J connectivity index is 1.75. The predicted octanol–water partition coefficient (Wildman–Crippen LogP) is 5.83. The number of benzene rings is 2. The lowest BCUT2D eigenvalue weighted by Crippen LogP contribution is -2.22. The van der Waals surface area contributed by atoms with Gasteiger partial charge in [-0.05, 0) is 50.1 Å². The van der Waals surface area contributed by atoms with Crippen LogP contribution in [0.1, 0.15) is 45.1 Å². The first-order valence-electron chi connectivity index (χ1n) is 9.37. The molecule has 2 aromatic rings. The molecule has 25 heavy (non-hydrogen) atoms. The standard InChI is InChI=1S/C22H31NO2/c1-4-5-6-7-14-24-21-12-9-11-20(16-21)23-17-19(3)25-22-13-8-10-18(2)15-22/h8-13,15-16,19,23H,4-7,14,17H2,1-3H3. The van der Waals surface area contributed by atoms with Crippen LogP contribution in [-0.2, 0) is 0 Å². The third-order valence-corrected chi connectivity index (χ3v) is 4.02. The number of nitrogens with one attached hydrogen (secondary N) is 1. The molecule has 1 unspecified atom stereocenters. The first-order chi connectivity index (χ1) is 12.2. The van der Waals surface area contributed by atoms with E-state index in [1.54, 1.807) is 0 Å². The summed E-state index contributed by atoms with van der Waals surface area (Å²) < 4.78 is 11.8. The van der Waals surface area contributed by atoms with Gasteiger partial charge >= 0.3 is 0 Å². The smallest absolute Gasteiger partial charge is 0.121 e. The highest BCUT2D eigenvalue weighted by Gasteiger charge is 2.05. The van der Waals surface area contributed by atoms with E-state index >= 15 is 0 Å². The van der Waals surface area contributed by atoms with Crippen molar-refractivity contribution in [3.05, 3.63) is 54.1 Å². The molecule has 3 heteroatoms. The largest absolute Gasteiger partial charge is 0.494 e. The van der Waals surface area contributed by atoms with E-state index in [-0.39, 0.29) is 6.10 Å². The summed E-state index contributed by atoms with van der Waals surface area (Å²) >= 11 is 0. The van der Waals surface area contributed by atoms with E-state index in [4.69, 9.17) is 9.47 Å². The third-order valence-electron chi connectivity index (χ3n) is 4.02. The van der Waals surface area contributed by atoms with Crippen LogP contribution in [0.2, 0.25) is 0 Å². The van der Waals surface area contributed by atoms with Crippen molar-refractivity contribution < 1.29 is 9.47 Å². The lowest BCUT2D eigenvalue weighted by atomic mass is 10.2. The molecule has 0 heterocycles. The van der Waals surface area contributed by atoms with Crippen LogP contribution in [0.4, 0.5) is 5.69 Å². The summed E-state index contributed by atoms with van der Waals surface area (Å²) in [7, 11) is 0. The zero-order valence-corrected chi connectivity index (χ0v) is 15.8. The number of unbranched alkanes of at least 4 members (excludes halogenated alkanes) is 3. The van der Waals surface area contributed by atoms with Crippen LogP contribution >= 0.6 is 0 Å². The molecular formula is C22H31NO2. The number of anilines is 1. The van der Waals surface area contributed by atoms with Crippen LogP contribution in [0.5, 0.6) is 11.5 Å². The van der Waals surface area contributed by atoms with Gasteiger partial charge in [0, 0.05) is 11.8 Å². The normalized spacial score (nSPS) is 11.8. The van der Waals surface area contributed by atoms with E-state index in [2.05, 4.69) is 50.4 Å². The zero-order chi connectivity index (χ0) is 17.9. The minimum atomic E-state index is 0.0837. The molecule has 0 aliphatic heterocycles. The van der Waals surface area contributed by atoms with Gasteiger partial charge in [-0.15, -0.1) is 0 Å². The number of hydrogen-bond donors (Lipinski definition) is 1. The SMILES string of the molecule is CCCCCCOc1cccc(NCC(C)Oc2cccc(C)c2)c1. The van der Waals surface area contributed by atoms with Gasteiger partial charge in [-0.3, -0.25) is 0 Å². The van der Waals surface area contributed by atoms with E-state index in [1.165, 1.54) is 24.8 Å². The Kier molecular flexibility index (Phi) is 8.17. The molecule has 1 atom stereocenters. The molecule has 1 N–H and O–H groups in total. The topological polar surface area (TPSA) is 30.5 Å². The van der Waals surface area contributed by atoms with Crippen LogP contribution < -0.4 is 14.8 Å². The fourth-order valence-electron chi connectivity index (χ4n) is 2.64. The number of hydrogen-bond acceptors (Lipinski definition) is 3. The van der Waals surface area contributed by atoms with E-state index < -0.39 is 0 Å². The Morgan fingerprint density at radius 1 is 0.960 bits per heavy atom. The molecule has 0 saturated carbocycles. The summed E-state index contributed by atoms with van der Waals surface area (Å²) in [4.78, 5) is 0. The predicted molar refractivity (Wildman–Crippen MR) is 106 cm³/mol. The maximum atomic E-state index is 5.96. The highest BCUT2D eigenvalue weighted by atomic mass is 16.5.